The molecule has 3 N–H and O–H groups in total. The zero-order valence-corrected chi connectivity index (χ0v) is 11.3. The van der Waals surface area contributed by atoms with E-state index in [4.69, 9.17) is 11.1 Å². The molecule has 0 aromatic heterocycles. The number of carbonyl (C=O) groups excluding carboxylic acids is 1. The number of rotatable bonds is 3. The summed E-state index contributed by atoms with van der Waals surface area (Å²) >= 11 is 0. The van der Waals surface area contributed by atoms with Crippen LogP contribution in [-0.2, 0) is 0 Å². The second-order valence-corrected chi connectivity index (χ2v) is 4.30. The Morgan fingerprint density at radius 2 is 2.00 bits per heavy atom. The quantitative estimate of drug-likeness (QED) is 0.669. The number of hydrogen-bond acceptors (Lipinski definition) is 4. The minimum absolute atomic E-state index is 0.0798. The molecule has 0 aliphatic carbocycles. The number of carbonyl (C=O) groups is 1. The number of halogens is 1. The summed E-state index contributed by atoms with van der Waals surface area (Å²) in [6.45, 7) is 0. The number of nitrogen functional groups attached to an aromatic ring is 1. The van der Waals surface area contributed by atoms with Crippen LogP contribution in [0.1, 0.15) is 15.9 Å². The highest BCUT2D eigenvalue weighted by Crippen LogP contribution is 2.24. The maximum absolute atomic E-state index is 13.7. The van der Waals surface area contributed by atoms with Gasteiger partial charge in [0.15, 0.2) is 0 Å². The van der Waals surface area contributed by atoms with Crippen molar-refractivity contribution in [2.24, 2.45) is 5.84 Å². The molecule has 0 bridgehead atoms. The van der Waals surface area contributed by atoms with Crippen molar-refractivity contribution in [1.82, 2.24) is 0 Å². The van der Waals surface area contributed by atoms with Crippen molar-refractivity contribution in [2.75, 3.05) is 17.4 Å². The van der Waals surface area contributed by atoms with Crippen molar-refractivity contribution in [3.8, 4) is 6.07 Å². The molecule has 0 saturated carbocycles. The highest BCUT2D eigenvalue weighted by atomic mass is 19.1. The summed E-state index contributed by atoms with van der Waals surface area (Å²) in [4.78, 5) is 13.8. The van der Waals surface area contributed by atoms with Gasteiger partial charge in [0.25, 0.3) is 5.91 Å². The average molecular weight is 284 g/mol. The van der Waals surface area contributed by atoms with E-state index in [1.165, 1.54) is 30.1 Å². The largest absolute Gasteiger partial charge is 0.321 e. The predicted molar refractivity (Wildman–Crippen MR) is 78.1 cm³/mol. The van der Waals surface area contributed by atoms with Crippen LogP contribution in [0.4, 0.5) is 15.8 Å². The van der Waals surface area contributed by atoms with Gasteiger partial charge in [-0.3, -0.25) is 10.6 Å². The molecule has 0 saturated heterocycles. The van der Waals surface area contributed by atoms with Gasteiger partial charge in [0, 0.05) is 7.05 Å². The van der Waals surface area contributed by atoms with Gasteiger partial charge in [0.2, 0.25) is 0 Å². The average Bonchev–Trinajstić information content (AvgIpc) is 2.53. The van der Waals surface area contributed by atoms with Crippen LogP contribution < -0.4 is 16.2 Å². The van der Waals surface area contributed by atoms with Gasteiger partial charge in [-0.05, 0) is 24.3 Å². The molecule has 0 unspecified atom stereocenters. The predicted octanol–water partition coefficient (Wildman–Crippen LogP) is 2.26. The first-order valence-corrected chi connectivity index (χ1v) is 6.12. The van der Waals surface area contributed by atoms with Gasteiger partial charge in [0.1, 0.15) is 11.9 Å². The van der Waals surface area contributed by atoms with E-state index in [0.717, 1.165) is 0 Å². The molecule has 0 atom stereocenters. The third-order valence-electron chi connectivity index (χ3n) is 3.08. The molecule has 2 aromatic carbocycles. The molecule has 0 radical (unpaired) electrons. The van der Waals surface area contributed by atoms with E-state index in [-0.39, 0.29) is 11.3 Å². The van der Waals surface area contributed by atoms with E-state index < -0.39 is 11.7 Å². The first-order chi connectivity index (χ1) is 10.1. The minimum atomic E-state index is -0.620. The van der Waals surface area contributed by atoms with E-state index in [2.05, 4.69) is 5.43 Å². The van der Waals surface area contributed by atoms with Crippen LogP contribution in [0.5, 0.6) is 0 Å². The van der Waals surface area contributed by atoms with Gasteiger partial charge in [-0.1, -0.05) is 18.2 Å². The van der Waals surface area contributed by atoms with Crippen LogP contribution in [0.25, 0.3) is 0 Å². The maximum Gasteiger partial charge on any atom is 0.260 e. The monoisotopic (exact) mass is 284 g/mol. The summed E-state index contributed by atoms with van der Waals surface area (Å²) in [6, 6.07) is 12.8. The van der Waals surface area contributed by atoms with Crippen LogP contribution in [-0.4, -0.2) is 13.0 Å². The van der Waals surface area contributed by atoms with Gasteiger partial charge in [-0.15, -0.1) is 0 Å². The second-order valence-electron chi connectivity index (χ2n) is 4.30. The first-order valence-electron chi connectivity index (χ1n) is 6.12. The molecule has 5 nitrogen and oxygen atoms in total. The van der Waals surface area contributed by atoms with Crippen LogP contribution in [0.2, 0.25) is 0 Å². The van der Waals surface area contributed by atoms with E-state index in [0.29, 0.717) is 11.3 Å². The molecule has 21 heavy (non-hydrogen) atoms. The minimum Gasteiger partial charge on any atom is -0.321 e. The Bertz CT molecular complexity index is 724. The van der Waals surface area contributed by atoms with Crippen LogP contribution in [0.3, 0.4) is 0 Å². The van der Waals surface area contributed by atoms with Crippen molar-refractivity contribution in [3.05, 3.63) is 59.4 Å². The van der Waals surface area contributed by atoms with E-state index in [1.54, 1.807) is 24.3 Å². The number of benzene rings is 2. The Morgan fingerprint density at radius 1 is 1.29 bits per heavy atom. The smallest absolute Gasteiger partial charge is 0.260 e. The molecule has 2 aromatic rings. The summed E-state index contributed by atoms with van der Waals surface area (Å²) in [6.07, 6.45) is 0. The highest BCUT2D eigenvalue weighted by Gasteiger charge is 2.20. The number of anilines is 2. The lowest BCUT2D eigenvalue weighted by molar-refractivity contribution is 0.0993. The van der Waals surface area contributed by atoms with E-state index >= 15 is 0 Å². The molecule has 2 rings (SSSR count). The number of hydrogen-bond donors (Lipinski definition) is 2. The maximum atomic E-state index is 13.7. The van der Waals surface area contributed by atoms with Crippen molar-refractivity contribution < 1.29 is 9.18 Å². The third-order valence-corrected chi connectivity index (χ3v) is 3.08. The molecular weight excluding hydrogens is 271 g/mol. The van der Waals surface area contributed by atoms with E-state index in [9.17, 15) is 9.18 Å². The lowest BCUT2D eigenvalue weighted by atomic mass is 10.1. The number of nitrogens with two attached hydrogens (primary N) is 1. The van der Waals surface area contributed by atoms with Crippen LogP contribution in [0.15, 0.2) is 42.5 Å². The third kappa shape index (κ3) is 2.68. The van der Waals surface area contributed by atoms with Gasteiger partial charge in [-0.2, -0.15) is 5.26 Å². The fourth-order valence-corrected chi connectivity index (χ4v) is 2.00. The number of nitrogens with one attached hydrogen (secondary N) is 1. The first kappa shape index (κ1) is 14.5. The summed E-state index contributed by atoms with van der Waals surface area (Å²) in [7, 11) is 1.52. The molecule has 6 heteroatoms. The normalized spacial score (nSPS) is 9.81. The molecule has 0 aliphatic rings. The molecule has 0 aliphatic heterocycles. The number of hydrazine groups is 1. The number of nitriles is 1. The van der Waals surface area contributed by atoms with Gasteiger partial charge in [-0.25, -0.2) is 4.39 Å². The van der Waals surface area contributed by atoms with Crippen LogP contribution >= 0.6 is 0 Å². The molecule has 1 amide bonds. The Hall–Kier alpha value is -2.91. The Labute approximate surface area is 121 Å². The topological polar surface area (TPSA) is 82.2 Å². The summed E-state index contributed by atoms with van der Waals surface area (Å²) < 4.78 is 13.7. The number of amides is 1. The summed E-state index contributed by atoms with van der Waals surface area (Å²) in [5, 5.41) is 9.08. The molecule has 106 valence electrons. The lowest BCUT2D eigenvalue weighted by Gasteiger charge is -2.20. The molecular formula is C15H13FN4O. The number of nitrogens with zero attached hydrogens (tertiary/aromatic N) is 2. The van der Waals surface area contributed by atoms with Gasteiger partial charge in [0.05, 0.1) is 22.5 Å². The summed E-state index contributed by atoms with van der Waals surface area (Å²) in [5.41, 5.74) is 3.00. The van der Waals surface area contributed by atoms with Gasteiger partial charge >= 0.3 is 0 Å². The Morgan fingerprint density at radius 3 is 2.67 bits per heavy atom. The molecule has 0 heterocycles. The SMILES string of the molecule is CN(C(=O)c1cccc(F)c1NN)c1ccccc1C#N. The molecule has 0 fully saturated rings. The van der Waals surface area contributed by atoms with Crippen LogP contribution in [0, 0.1) is 17.1 Å². The lowest BCUT2D eigenvalue weighted by Crippen LogP contribution is -2.28. The van der Waals surface area contributed by atoms with Crippen molar-refractivity contribution in [3.63, 3.8) is 0 Å². The second kappa shape index (κ2) is 6.03. The fraction of sp³-hybridized carbons (Fsp3) is 0.0667. The van der Waals surface area contributed by atoms with E-state index in [1.807, 2.05) is 6.07 Å². The summed E-state index contributed by atoms with van der Waals surface area (Å²) in [5.74, 6) is 4.18. The molecule has 0 spiro atoms. The van der Waals surface area contributed by atoms with Gasteiger partial charge < -0.3 is 10.3 Å². The highest BCUT2D eigenvalue weighted by molar-refractivity contribution is 6.09. The number of para-hydroxylation sites is 2. The standard InChI is InChI=1S/C15H13FN4O/c1-20(13-8-3-2-5-10(13)9-17)15(21)11-6-4-7-12(16)14(11)19-18/h2-8,19H,18H2,1H3. The van der Waals surface area contributed by atoms with Crippen molar-refractivity contribution >= 4 is 17.3 Å². The van der Waals surface area contributed by atoms with Crippen molar-refractivity contribution in [1.29, 1.82) is 5.26 Å². The fourth-order valence-electron chi connectivity index (χ4n) is 2.00. The zero-order valence-electron chi connectivity index (χ0n) is 11.3. The Balaban J connectivity index is 2.46. The zero-order chi connectivity index (χ0) is 15.4. The Kier molecular flexibility index (Phi) is 4.16. The van der Waals surface area contributed by atoms with Crippen molar-refractivity contribution in [2.45, 2.75) is 0 Å².